The maximum Gasteiger partial charge on any atom is 0.246 e. The van der Waals surface area contributed by atoms with Gasteiger partial charge in [-0.15, -0.1) is 0 Å². The van der Waals surface area contributed by atoms with Gasteiger partial charge in [0.2, 0.25) is 10.0 Å². The third kappa shape index (κ3) is 3.96. The molecule has 0 saturated heterocycles. The molecule has 142 valence electrons. The van der Waals surface area contributed by atoms with Gasteiger partial charge in [0.15, 0.2) is 0 Å². The number of nitrogens with zero attached hydrogens (tertiary/aromatic N) is 3. The predicted octanol–water partition coefficient (Wildman–Crippen LogP) is 2.71. The van der Waals surface area contributed by atoms with Crippen LogP contribution < -0.4 is 9.47 Å². The Morgan fingerprint density at radius 1 is 1.07 bits per heavy atom. The molecule has 0 bridgehead atoms. The summed E-state index contributed by atoms with van der Waals surface area (Å²) in [5.74, 6) is 0.710. The molecule has 8 heteroatoms. The second-order valence-corrected chi connectivity index (χ2v) is 7.92. The summed E-state index contributed by atoms with van der Waals surface area (Å²) < 4.78 is 39.4. The minimum atomic E-state index is -3.78. The van der Waals surface area contributed by atoms with Crippen LogP contribution in [0.5, 0.6) is 11.5 Å². The number of para-hydroxylation sites is 1. The Kier molecular flexibility index (Phi) is 5.48. The van der Waals surface area contributed by atoms with Crippen LogP contribution in [0.1, 0.15) is 5.56 Å². The second-order valence-electron chi connectivity index (χ2n) is 5.91. The molecule has 7 nitrogen and oxygen atoms in total. The molecule has 0 amide bonds. The van der Waals surface area contributed by atoms with Crippen molar-refractivity contribution >= 4 is 10.0 Å². The van der Waals surface area contributed by atoms with Crippen LogP contribution in [-0.2, 0) is 16.6 Å². The van der Waals surface area contributed by atoms with Gasteiger partial charge < -0.3 is 9.47 Å². The number of sulfonamides is 1. The number of rotatable bonds is 7. The van der Waals surface area contributed by atoms with E-state index in [1.165, 1.54) is 31.6 Å². The molecule has 1 aromatic heterocycles. The standard InChI is InChI=1S/C19H21N3O4S/c1-21(13-15-12-20-22(14-15)16-7-5-4-6-8-16)27(23,24)19-11-17(25-2)9-10-18(19)26-3/h4-12,14H,13H2,1-3H3. The quantitative estimate of drug-likeness (QED) is 0.623. The van der Waals surface area contributed by atoms with Crippen LogP contribution in [0.2, 0.25) is 0 Å². The highest BCUT2D eigenvalue weighted by molar-refractivity contribution is 7.89. The summed E-state index contributed by atoms with van der Waals surface area (Å²) in [6.07, 6.45) is 3.46. The average molecular weight is 387 g/mol. The molecule has 0 N–H and O–H groups in total. The molecule has 0 aliphatic heterocycles. The Bertz CT molecular complexity index is 1020. The number of benzene rings is 2. The molecular weight excluding hydrogens is 366 g/mol. The number of hydrogen-bond donors (Lipinski definition) is 0. The van der Waals surface area contributed by atoms with E-state index in [0.29, 0.717) is 5.75 Å². The zero-order valence-electron chi connectivity index (χ0n) is 15.4. The lowest BCUT2D eigenvalue weighted by Gasteiger charge is -2.18. The minimum Gasteiger partial charge on any atom is -0.497 e. The molecule has 0 aliphatic rings. The van der Waals surface area contributed by atoms with E-state index in [9.17, 15) is 8.42 Å². The van der Waals surface area contributed by atoms with Crippen LogP contribution in [0.15, 0.2) is 65.8 Å². The van der Waals surface area contributed by atoms with Crippen molar-refractivity contribution in [3.8, 4) is 17.2 Å². The summed E-state index contributed by atoms with van der Waals surface area (Å²) in [5, 5.41) is 4.31. The number of aromatic nitrogens is 2. The van der Waals surface area contributed by atoms with Gasteiger partial charge >= 0.3 is 0 Å². The van der Waals surface area contributed by atoms with E-state index in [4.69, 9.17) is 9.47 Å². The highest BCUT2D eigenvalue weighted by Crippen LogP contribution is 2.30. The van der Waals surface area contributed by atoms with Crippen LogP contribution in [-0.4, -0.2) is 43.8 Å². The first-order valence-electron chi connectivity index (χ1n) is 8.23. The van der Waals surface area contributed by atoms with Crippen LogP contribution in [0.3, 0.4) is 0 Å². The summed E-state index contributed by atoms with van der Waals surface area (Å²) >= 11 is 0. The minimum absolute atomic E-state index is 0.0577. The van der Waals surface area contributed by atoms with Gasteiger partial charge in [-0.2, -0.15) is 9.40 Å². The van der Waals surface area contributed by atoms with Gasteiger partial charge in [-0.05, 0) is 24.3 Å². The zero-order chi connectivity index (χ0) is 19.4. The Morgan fingerprint density at radius 3 is 2.48 bits per heavy atom. The smallest absolute Gasteiger partial charge is 0.246 e. The van der Waals surface area contributed by atoms with Gasteiger partial charge in [-0.3, -0.25) is 0 Å². The summed E-state index contributed by atoms with van der Waals surface area (Å²) in [7, 11) is 0.667. The fourth-order valence-electron chi connectivity index (χ4n) is 2.66. The van der Waals surface area contributed by atoms with Gasteiger partial charge in [0, 0.05) is 31.4 Å². The maximum atomic E-state index is 13.0. The SMILES string of the molecule is COc1ccc(OC)c(S(=O)(=O)N(C)Cc2cnn(-c3ccccc3)c2)c1. The first-order valence-corrected chi connectivity index (χ1v) is 9.67. The Labute approximate surface area is 158 Å². The number of hydrogen-bond acceptors (Lipinski definition) is 5. The molecule has 3 aromatic rings. The van der Waals surface area contributed by atoms with Crippen molar-refractivity contribution in [1.82, 2.24) is 14.1 Å². The Morgan fingerprint density at radius 2 is 1.81 bits per heavy atom. The third-order valence-electron chi connectivity index (χ3n) is 4.12. The highest BCUT2D eigenvalue weighted by atomic mass is 32.2. The monoisotopic (exact) mass is 387 g/mol. The summed E-state index contributed by atoms with van der Waals surface area (Å²) in [6, 6.07) is 14.3. The molecule has 3 rings (SSSR count). The number of ether oxygens (including phenoxy) is 2. The molecule has 0 saturated carbocycles. The van der Waals surface area contributed by atoms with Crippen molar-refractivity contribution in [2.24, 2.45) is 0 Å². The predicted molar refractivity (Wildman–Crippen MR) is 102 cm³/mol. The molecule has 0 fully saturated rings. The molecule has 0 atom stereocenters. The molecule has 0 spiro atoms. The average Bonchev–Trinajstić information content (AvgIpc) is 3.16. The first-order chi connectivity index (χ1) is 13.0. The fraction of sp³-hybridized carbons (Fsp3) is 0.211. The third-order valence-corrected chi connectivity index (χ3v) is 5.95. The Balaban J connectivity index is 1.86. The summed E-state index contributed by atoms with van der Waals surface area (Å²) in [6.45, 7) is 0.176. The van der Waals surface area contributed by atoms with Crippen LogP contribution in [0, 0.1) is 0 Å². The van der Waals surface area contributed by atoms with E-state index in [-0.39, 0.29) is 17.2 Å². The van der Waals surface area contributed by atoms with Crippen molar-refractivity contribution < 1.29 is 17.9 Å². The lowest BCUT2D eigenvalue weighted by Crippen LogP contribution is -2.26. The van der Waals surface area contributed by atoms with Crippen molar-refractivity contribution in [2.45, 2.75) is 11.4 Å². The Hall–Kier alpha value is -2.84. The van der Waals surface area contributed by atoms with E-state index in [2.05, 4.69) is 5.10 Å². The second kappa shape index (κ2) is 7.81. The lowest BCUT2D eigenvalue weighted by molar-refractivity contribution is 0.388. The largest absolute Gasteiger partial charge is 0.497 e. The molecule has 0 aliphatic carbocycles. The topological polar surface area (TPSA) is 73.7 Å². The zero-order valence-corrected chi connectivity index (χ0v) is 16.2. The van der Waals surface area contributed by atoms with Gasteiger partial charge in [0.25, 0.3) is 0 Å². The molecule has 1 heterocycles. The molecule has 2 aromatic carbocycles. The number of methoxy groups -OCH3 is 2. The normalized spacial score (nSPS) is 11.6. The van der Waals surface area contributed by atoms with Gasteiger partial charge in [-0.25, -0.2) is 13.1 Å². The van der Waals surface area contributed by atoms with Crippen LogP contribution in [0.4, 0.5) is 0 Å². The highest BCUT2D eigenvalue weighted by Gasteiger charge is 2.26. The van der Waals surface area contributed by atoms with Crippen molar-refractivity contribution in [2.75, 3.05) is 21.3 Å². The van der Waals surface area contributed by atoms with Crippen molar-refractivity contribution in [3.63, 3.8) is 0 Å². The maximum absolute atomic E-state index is 13.0. The van der Waals surface area contributed by atoms with Crippen LogP contribution >= 0.6 is 0 Å². The van der Waals surface area contributed by atoms with Gasteiger partial charge in [0.1, 0.15) is 16.4 Å². The molecule has 27 heavy (non-hydrogen) atoms. The molecule has 0 radical (unpaired) electrons. The molecular formula is C19H21N3O4S. The van der Waals surface area contributed by atoms with Gasteiger partial charge in [-0.1, -0.05) is 18.2 Å². The van der Waals surface area contributed by atoms with Gasteiger partial charge in [0.05, 0.1) is 26.1 Å². The summed E-state index contributed by atoms with van der Waals surface area (Å²) in [4.78, 5) is 0.0577. The molecule has 0 unspecified atom stereocenters. The fourth-order valence-corrected chi connectivity index (χ4v) is 3.98. The van der Waals surface area contributed by atoms with Crippen LogP contribution in [0.25, 0.3) is 5.69 Å². The van der Waals surface area contributed by atoms with E-state index < -0.39 is 10.0 Å². The van der Waals surface area contributed by atoms with Crippen molar-refractivity contribution in [3.05, 3.63) is 66.5 Å². The lowest BCUT2D eigenvalue weighted by atomic mass is 10.3. The van der Waals surface area contributed by atoms with E-state index in [0.717, 1.165) is 11.3 Å². The summed E-state index contributed by atoms with van der Waals surface area (Å²) in [5.41, 5.74) is 1.68. The van der Waals surface area contributed by atoms with E-state index >= 15 is 0 Å². The first kappa shape index (κ1) is 18.9. The van der Waals surface area contributed by atoms with E-state index in [1.807, 2.05) is 36.5 Å². The van der Waals surface area contributed by atoms with Crippen molar-refractivity contribution in [1.29, 1.82) is 0 Å². The van der Waals surface area contributed by atoms with E-state index in [1.54, 1.807) is 23.0 Å².